The van der Waals surface area contributed by atoms with Crippen molar-refractivity contribution < 1.29 is 5.11 Å². The van der Waals surface area contributed by atoms with Crippen molar-refractivity contribution >= 4 is 40.0 Å². The average Bonchev–Trinajstić information content (AvgIpc) is 3.33. The lowest BCUT2D eigenvalue weighted by molar-refractivity contribution is 0.249. The van der Waals surface area contributed by atoms with Gasteiger partial charge in [-0.15, -0.1) is 0 Å². The quantitative estimate of drug-likeness (QED) is 0.702. The van der Waals surface area contributed by atoms with Gasteiger partial charge in [0.2, 0.25) is 5.88 Å². The van der Waals surface area contributed by atoms with Gasteiger partial charge in [0.1, 0.15) is 0 Å². The largest absolute Gasteiger partial charge is 0.492 e. The second-order valence-corrected chi connectivity index (χ2v) is 8.32. The summed E-state index contributed by atoms with van der Waals surface area (Å²) in [4.78, 5) is 14.4. The SMILES string of the molecule is Oc1nc(N2CCN(Cc3ccccc3)CC2)sc1/C=C1\C=Nc2ccccc21. The Morgan fingerprint density at radius 3 is 2.55 bits per heavy atom. The van der Waals surface area contributed by atoms with Gasteiger partial charge in [0, 0.05) is 50.1 Å². The first-order valence-electron chi connectivity index (χ1n) is 9.82. The lowest BCUT2D eigenvalue weighted by atomic mass is 10.1. The van der Waals surface area contributed by atoms with Gasteiger partial charge in [-0.1, -0.05) is 59.9 Å². The number of fused-ring (bicyclic) bond motifs is 1. The van der Waals surface area contributed by atoms with Crippen molar-refractivity contribution in [2.24, 2.45) is 4.99 Å². The number of aliphatic imine (C=N–C) groups is 1. The summed E-state index contributed by atoms with van der Waals surface area (Å²) in [6.45, 7) is 4.80. The number of hydrogen-bond donors (Lipinski definition) is 1. The van der Waals surface area contributed by atoms with Crippen molar-refractivity contribution in [3.8, 4) is 5.88 Å². The summed E-state index contributed by atoms with van der Waals surface area (Å²) in [5.74, 6) is 0.0991. The lowest BCUT2D eigenvalue weighted by Crippen LogP contribution is -2.45. The maximum Gasteiger partial charge on any atom is 0.231 e. The highest BCUT2D eigenvalue weighted by Crippen LogP contribution is 2.37. The molecule has 5 rings (SSSR count). The fourth-order valence-corrected chi connectivity index (χ4v) is 4.74. The molecule has 2 aliphatic heterocycles. The summed E-state index contributed by atoms with van der Waals surface area (Å²) in [7, 11) is 0. The van der Waals surface area contributed by atoms with Gasteiger partial charge in [-0.25, -0.2) is 0 Å². The minimum atomic E-state index is 0.0991. The van der Waals surface area contributed by atoms with Crippen LogP contribution in [0.4, 0.5) is 10.8 Å². The molecule has 2 aliphatic rings. The zero-order valence-electron chi connectivity index (χ0n) is 16.0. The van der Waals surface area contributed by atoms with Crippen molar-refractivity contribution in [3.63, 3.8) is 0 Å². The van der Waals surface area contributed by atoms with Gasteiger partial charge in [0.15, 0.2) is 5.13 Å². The summed E-state index contributed by atoms with van der Waals surface area (Å²) < 4.78 is 0. The highest BCUT2D eigenvalue weighted by molar-refractivity contribution is 7.16. The van der Waals surface area contributed by atoms with Crippen LogP contribution in [0.3, 0.4) is 0 Å². The summed E-state index contributed by atoms with van der Waals surface area (Å²) in [6, 6.07) is 18.6. The molecule has 146 valence electrons. The Kier molecular flexibility index (Phi) is 4.87. The van der Waals surface area contributed by atoms with Crippen molar-refractivity contribution in [2.75, 3.05) is 31.1 Å². The molecule has 0 unspecified atom stereocenters. The molecule has 5 nitrogen and oxygen atoms in total. The minimum Gasteiger partial charge on any atom is -0.492 e. The molecule has 29 heavy (non-hydrogen) atoms. The second kappa shape index (κ2) is 7.81. The van der Waals surface area contributed by atoms with Crippen molar-refractivity contribution in [1.82, 2.24) is 9.88 Å². The first kappa shape index (κ1) is 18.1. The van der Waals surface area contributed by atoms with E-state index in [0.717, 1.165) is 59.6 Å². The third kappa shape index (κ3) is 3.81. The Balaban J connectivity index is 1.27. The standard InChI is InChI=1S/C23H22N4OS/c28-22-21(14-18-15-24-20-9-5-4-8-19(18)20)29-23(25-22)27-12-10-26(11-13-27)16-17-6-2-1-3-7-17/h1-9,14-15,28H,10-13,16H2/b18-14+. The van der Waals surface area contributed by atoms with E-state index >= 15 is 0 Å². The van der Waals surface area contributed by atoms with E-state index in [-0.39, 0.29) is 5.88 Å². The molecule has 3 aromatic rings. The third-order valence-corrected chi connectivity index (χ3v) is 6.41. The molecule has 0 amide bonds. The molecule has 0 spiro atoms. The normalized spacial score (nSPS) is 17.8. The van der Waals surface area contributed by atoms with Gasteiger partial charge in [-0.3, -0.25) is 9.89 Å². The Labute approximate surface area is 174 Å². The van der Waals surface area contributed by atoms with Gasteiger partial charge in [0.05, 0.1) is 10.6 Å². The number of thiazole rings is 1. The van der Waals surface area contributed by atoms with Crippen LogP contribution < -0.4 is 4.90 Å². The molecule has 0 radical (unpaired) electrons. The zero-order chi connectivity index (χ0) is 19.6. The number of aromatic hydroxyl groups is 1. The van der Waals surface area contributed by atoms with Crippen LogP contribution in [0.15, 0.2) is 59.6 Å². The molecule has 3 heterocycles. The van der Waals surface area contributed by atoms with Crippen molar-refractivity contribution in [2.45, 2.75) is 6.54 Å². The zero-order valence-corrected chi connectivity index (χ0v) is 16.8. The molecule has 1 N–H and O–H groups in total. The Bertz CT molecular complexity index is 1070. The van der Waals surface area contributed by atoms with Crippen LogP contribution >= 0.6 is 11.3 Å². The van der Waals surface area contributed by atoms with E-state index in [9.17, 15) is 5.11 Å². The average molecular weight is 403 g/mol. The Morgan fingerprint density at radius 1 is 0.966 bits per heavy atom. The summed E-state index contributed by atoms with van der Waals surface area (Å²) in [5.41, 5.74) is 4.42. The molecule has 0 aliphatic carbocycles. The van der Waals surface area contributed by atoms with Crippen LogP contribution in [0.25, 0.3) is 11.6 Å². The molecular formula is C23H22N4OS. The number of para-hydroxylation sites is 1. The number of allylic oxidation sites excluding steroid dienone is 1. The maximum atomic E-state index is 10.4. The van der Waals surface area contributed by atoms with E-state index in [1.807, 2.05) is 30.5 Å². The number of benzene rings is 2. The van der Waals surface area contributed by atoms with Crippen LogP contribution in [0.2, 0.25) is 0 Å². The molecule has 6 heteroatoms. The molecule has 2 aromatic carbocycles. The summed E-state index contributed by atoms with van der Waals surface area (Å²) in [6.07, 6.45) is 3.84. The van der Waals surface area contributed by atoms with E-state index in [1.54, 1.807) is 11.3 Å². The van der Waals surface area contributed by atoms with Gasteiger partial charge in [-0.2, -0.15) is 4.98 Å². The number of hydrogen-bond acceptors (Lipinski definition) is 6. The van der Waals surface area contributed by atoms with Gasteiger partial charge in [0.25, 0.3) is 0 Å². The lowest BCUT2D eigenvalue weighted by Gasteiger charge is -2.34. The molecule has 1 aromatic heterocycles. The minimum absolute atomic E-state index is 0.0991. The van der Waals surface area contributed by atoms with Crippen LogP contribution in [-0.4, -0.2) is 47.4 Å². The first-order valence-corrected chi connectivity index (χ1v) is 10.6. The van der Waals surface area contributed by atoms with Gasteiger partial charge in [-0.05, 0) is 17.7 Å². The molecule has 0 bridgehead atoms. The maximum absolute atomic E-state index is 10.4. The smallest absolute Gasteiger partial charge is 0.231 e. The topological polar surface area (TPSA) is 52.0 Å². The van der Waals surface area contributed by atoms with Crippen LogP contribution in [0.1, 0.15) is 16.0 Å². The number of rotatable bonds is 4. The predicted octanol–water partition coefficient (Wildman–Crippen LogP) is 4.43. The summed E-state index contributed by atoms with van der Waals surface area (Å²) >= 11 is 1.54. The second-order valence-electron chi connectivity index (χ2n) is 7.31. The molecule has 1 saturated heterocycles. The number of nitrogens with zero attached hydrogens (tertiary/aromatic N) is 4. The van der Waals surface area contributed by atoms with Crippen molar-refractivity contribution in [3.05, 3.63) is 70.6 Å². The number of piperazine rings is 1. The van der Waals surface area contributed by atoms with E-state index in [0.29, 0.717) is 0 Å². The van der Waals surface area contributed by atoms with Crippen molar-refractivity contribution in [1.29, 1.82) is 0 Å². The van der Waals surface area contributed by atoms with Gasteiger partial charge < -0.3 is 10.0 Å². The van der Waals surface area contributed by atoms with E-state index in [1.165, 1.54) is 5.56 Å². The van der Waals surface area contributed by atoms with E-state index in [2.05, 4.69) is 56.2 Å². The molecule has 0 atom stereocenters. The highest BCUT2D eigenvalue weighted by Gasteiger charge is 2.22. The third-order valence-electron chi connectivity index (χ3n) is 5.36. The molecule has 1 fully saturated rings. The van der Waals surface area contributed by atoms with Crippen LogP contribution in [0.5, 0.6) is 5.88 Å². The van der Waals surface area contributed by atoms with Crippen LogP contribution in [-0.2, 0) is 6.54 Å². The molecule has 0 saturated carbocycles. The first-order chi connectivity index (χ1) is 14.3. The number of anilines is 1. The fourth-order valence-electron chi connectivity index (χ4n) is 3.78. The Hall–Kier alpha value is -2.96. The van der Waals surface area contributed by atoms with E-state index in [4.69, 9.17) is 0 Å². The highest BCUT2D eigenvalue weighted by atomic mass is 32.1. The van der Waals surface area contributed by atoms with Gasteiger partial charge >= 0.3 is 0 Å². The monoisotopic (exact) mass is 402 g/mol. The molecular weight excluding hydrogens is 380 g/mol. The Morgan fingerprint density at radius 2 is 1.72 bits per heavy atom. The fraction of sp³-hybridized carbons (Fsp3) is 0.217. The van der Waals surface area contributed by atoms with Crippen LogP contribution in [0, 0.1) is 0 Å². The van der Waals surface area contributed by atoms with E-state index < -0.39 is 0 Å². The predicted molar refractivity (Wildman–Crippen MR) is 120 cm³/mol. The summed E-state index contributed by atoms with van der Waals surface area (Å²) in [5, 5.41) is 11.3. The number of aromatic nitrogens is 1.